The highest BCUT2D eigenvalue weighted by Gasteiger charge is 2.19. The zero-order valence-electron chi connectivity index (χ0n) is 10.8. The molecule has 7 heteroatoms. The van der Waals surface area contributed by atoms with Crippen molar-refractivity contribution in [2.24, 2.45) is 0 Å². The quantitative estimate of drug-likeness (QED) is 0.748. The molecule has 1 aromatic rings. The normalized spacial score (nSPS) is 14.6. The maximum Gasteiger partial charge on any atom is 0.305 e. The van der Waals surface area contributed by atoms with Crippen LogP contribution in [0.15, 0.2) is 18.2 Å². The van der Waals surface area contributed by atoms with Crippen molar-refractivity contribution in [3.63, 3.8) is 0 Å². The monoisotopic (exact) mass is 278 g/mol. The van der Waals surface area contributed by atoms with Crippen LogP contribution in [-0.4, -0.2) is 35.5 Å². The van der Waals surface area contributed by atoms with Gasteiger partial charge in [0.25, 0.3) is 11.8 Å². The Labute approximate surface area is 114 Å². The maximum atomic E-state index is 11.9. The van der Waals surface area contributed by atoms with Crippen LogP contribution >= 0.6 is 0 Å². The first-order valence-corrected chi connectivity index (χ1v) is 6.05. The highest BCUT2D eigenvalue weighted by atomic mass is 16.5. The summed E-state index contributed by atoms with van der Waals surface area (Å²) in [5, 5.41) is 13.8. The van der Waals surface area contributed by atoms with E-state index in [2.05, 4.69) is 10.6 Å². The van der Waals surface area contributed by atoms with E-state index in [1.54, 1.807) is 19.1 Å². The highest BCUT2D eigenvalue weighted by Crippen LogP contribution is 2.28. The molecule has 0 spiro atoms. The van der Waals surface area contributed by atoms with Gasteiger partial charge >= 0.3 is 5.97 Å². The lowest BCUT2D eigenvalue weighted by molar-refractivity contribution is -0.137. The largest absolute Gasteiger partial charge is 0.482 e. The Kier molecular flexibility index (Phi) is 3.88. The fraction of sp³-hybridized carbons (Fsp3) is 0.308. The first-order valence-electron chi connectivity index (χ1n) is 6.05. The molecule has 1 atom stereocenters. The standard InChI is InChI=1S/C13H14N2O5/c1-7(4-12(17)18)14-13(19)8-2-3-10-9(5-8)15-11(16)6-20-10/h2-3,5,7H,4,6H2,1H3,(H,14,19)(H,15,16)(H,17,18). The molecule has 0 saturated heterocycles. The average molecular weight is 278 g/mol. The van der Waals surface area contributed by atoms with E-state index in [1.807, 2.05) is 0 Å². The number of carboxylic acid groups (broad SMARTS) is 1. The van der Waals surface area contributed by atoms with Crippen LogP contribution in [0.25, 0.3) is 0 Å². The van der Waals surface area contributed by atoms with Crippen molar-refractivity contribution in [3.05, 3.63) is 23.8 Å². The van der Waals surface area contributed by atoms with Crippen LogP contribution in [0.5, 0.6) is 5.75 Å². The SMILES string of the molecule is CC(CC(=O)O)NC(=O)c1ccc2c(c1)NC(=O)CO2. The predicted molar refractivity (Wildman–Crippen MR) is 69.7 cm³/mol. The van der Waals surface area contributed by atoms with Crippen LogP contribution in [0.2, 0.25) is 0 Å². The van der Waals surface area contributed by atoms with Crippen molar-refractivity contribution in [2.75, 3.05) is 11.9 Å². The number of amides is 2. The number of benzene rings is 1. The van der Waals surface area contributed by atoms with Crippen LogP contribution in [-0.2, 0) is 9.59 Å². The van der Waals surface area contributed by atoms with Crippen molar-refractivity contribution < 1.29 is 24.2 Å². The van der Waals surface area contributed by atoms with Gasteiger partial charge in [0.1, 0.15) is 5.75 Å². The Morgan fingerprint density at radius 2 is 2.25 bits per heavy atom. The van der Waals surface area contributed by atoms with Gasteiger partial charge in [-0.25, -0.2) is 0 Å². The highest BCUT2D eigenvalue weighted by molar-refractivity contribution is 6.00. The minimum absolute atomic E-state index is 0.0474. The first-order chi connectivity index (χ1) is 9.45. The third-order valence-corrected chi connectivity index (χ3v) is 2.73. The summed E-state index contributed by atoms with van der Waals surface area (Å²) in [5.74, 6) is -1.17. The molecule has 0 aromatic heterocycles. The van der Waals surface area contributed by atoms with Gasteiger partial charge in [-0.05, 0) is 25.1 Å². The summed E-state index contributed by atoms with van der Waals surface area (Å²) in [7, 11) is 0. The third-order valence-electron chi connectivity index (χ3n) is 2.73. The van der Waals surface area contributed by atoms with Crippen molar-refractivity contribution in [2.45, 2.75) is 19.4 Å². The second kappa shape index (κ2) is 5.60. The molecule has 7 nitrogen and oxygen atoms in total. The van der Waals surface area contributed by atoms with E-state index >= 15 is 0 Å². The van der Waals surface area contributed by atoms with E-state index < -0.39 is 17.9 Å². The summed E-state index contributed by atoms with van der Waals surface area (Å²) >= 11 is 0. The van der Waals surface area contributed by atoms with Crippen molar-refractivity contribution in [1.82, 2.24) is 5.32 Å². The van der Waals surface area contributed by atoms with Gasteiger partial charge in [-0.2, -0.15) is 0 Å². The number of carboxylic acids is 1. The number of ether oxygens (including phenoxy) is 1. The Morgan fingerprint density at radius 1 is 1.50 bits per heavy atom. The molecule has 2 amide bonds. The second-order valence-corrected chi connectivity index (χ2v) is 4.52. The van der Waals surface area contributed by atoms with Gasteiger partial charge < -0.3 is 20.5 Å². The van der Waals surface area contributed by atoms with Gasteiger partial charge in [-0.3, -0.25) is 14.4 Å². The summed E-state index contributed by atoms with van der Waals surface area (Å²) < 4.78 is 5.18. The number of rotatable bonds is 4. The minimum atomic E-state index is -0.982. The van der Waals surface area contributed by atoms with Crippen LogP contribution in [0.4, 0.5) is 5.69 Å². The lowest BCUT2D eigenvalue weighted by atomic mass is 10.1. The maximum absolute atomic E-state index is 11.9. The summed E-state index contributed by atoms with van der Waals surface area (Å²) in [6.45, 7) is 1.56. The molecule has 1 unspecified atom stereocenters. The fourth-order valence-corrected chi connectivity index (χ4v) is 1.84. The number of hydrogen-bond donors (Lipinski definition) is 3. The molecule has 1 aliphatic rings. The van der Waals surface area contributed by atoms with Gasteiger partial charge in [0.2, 0.25) is 0 Å². The molecular formula is C13H14N2O5. The predicted octanol–water partition coefficient (Wildman–Crippen LogP) is 0.610. The molecule has 0 radical (unpaired) electrons. The number of hydrogen-bond acceptors (Lipinski definition) is 4. The van der Waals surface area contributed by atoms with E-state index in [0.29, 0.717) is 17.0 Å². The van der Waals surface area contributed by atoms with Crippen LogP contribution < -0.4 is 15.4 Å². The van der Waals surface area contributed by atoms with Gasteiger partial charge in [0, 0.05) is 11.6 Å². The molecule has 2 rings (SSSR count). The lowest BCUT2D eigenvalue weighted by Crippen LogP contribution is -2.34. The molecule has 0 aliphatic carbocycles. The Morgan fingerprint density at radius 3 is 2.95 bits per heavy atom. The Balaban J connectivity index is 2.09. The number of fused-ring (bicyclic) bond motifs is 1. The van der Waals surface area contributed by atoms with Crippen LogP contribution in [0, 0.1) is 0 Å². The number of carbonyl (C=O) groups excluding carboxylic acids is 2. The number of aliphatic carboxylic acids is 1. The molecule has 0 bridgehead atoms. The van der Waals surface area contributed by atoms with Crippen LogP contribution in [0.1, 0.15) is 23.7 Å². The molecule has 1 aromatic carbocycles. The van der Waals surface area contributed by atoms with Crippen molar-refractivity contribution in [3.8, 4) is 5.75 Å². The lowest BCUT2D eigenvalue weighted by Gasteiger charge is -2.19. The second-order valence-electron chi connectivity index (χ2n) is 4.52. The van der Waals surface area contributed by atoms with Crippen LogP contribution in [0.3, 0.4) is 0 Å². The van der Waals surface area contributed by atoms with E-state index in [-0.39, 0.29) is 18.9 Å². The molecule has 0 fully saturated rings. The zero-order valence-corrected chi connectivity index (χ0v) is 10.8. The zero-order chi connectivity index (χ0) is 14.7. The van der Waals surface area contributed by atoms with Gasteiger partial charge in [0.15, 0.2) is 6.61 Å². The molecule has 1 aliphatic heterocycles. The molecule has 0 saturated carbocycles. The van der Waals surface area contributed by atoms with E-state index in [4.69, 9.17) is 9.84 Å². The Hall–Kier alpha value is -2.57. The summed E-state index contributed by atoms with van der Waals surface area (Å²) in [4.78, 5) is 33.7. The van der Waals surface area contributed by atoms with Gasteiger partial charge in [0.05, 0.1) is 12.1 Å². The smallest absolute Gasteiger partial charge is 0.305 e. The Bertz CT molecular complexity index is 570. The van der Waals surface area contributed by atoms with Crippen molar-refractivity contribution >= 4 is 23.5 Å². The molecule has 1 heterocycles. The molecule has 3 N–H and O–H groups in total. The van der Waals surface area contributed by atoms with E-state index in [1.165, 1.54) is 6.07 Å². The van der Waals surface area contributed by atoms with Gasteiger partial charge in [-0.15, -0.1) is 0 Å². The van der Waals surface area contributed by atoms with E-state index in [0.717, 1.165) is 0 Å². The first kappa shape index (κ1) is 13.9. The molecule has 20 heavy (non-hydrogen) atoms. The molecular weight excluding hydrogens is 264 g/mol. The van der Waals surface area contributed by atoms with E-state index in [9.17, 15) is 14.4 Å². The summed E-state index contributed by atoms with van der Waals surface area (Å²) in [5.41, 5.74) is 0.756. The fourth-order valence-electron chi connectivity index (χ4n) is 1.84. The third kappa shape index (κ3) is 3.25. The summed E-state index contributed by atoms with van der Waals surface area (Å²) in [6, 6.07) is 4.15. The number of nitrogens with one attached hydrogen (secondary N) is 2. The number of carbonyl (C=O) groups is 3. The molecule has 106 valence electrons. The average Bonchev–Trinajstić information content (AvgIpc) is 2.36. The van der Waals surface area contributed by atoms with Gasteiger partial charge in [-0.1, -0.05) is 0 Å². The minimum Gasteiger partial charge on any atom is -0.482 e. The summed E-state index contributed by atoms with van der Waals surface area (Å²) in [6.07, 6.45) is -0.156. The topological polar surface area (TPSA) is 105 Å². The van der Waals surface area contributed by atoms with Crippen molar-refractivity contribution in [1.29, 1.82) is 0 Å². The number of anilines is 1.